The van der Waals surface area contributed by atoms with Crippen molar-refractivity contribution in [2.24, 2.45) is 0 Å². The SMILES string of the molecule is CC(=O)C(O)c1cn[nH]c1. The predicted octanol–water partition coefficient (Wildman–Crippen LogP) is 0.0321. The standard InChI is InChI=1S/C6H8N2O2/c1-4(9)6(10)5-2-7-8-3-5/h2-3,6,10H,1H3,(H,7,8). The molecule has 2 N–H and O–H groups in total. The van der Waals surface area contributed by atoms with Crippen molar-refractivity contribution in [1.29, 1.82) is 0 Å². The van der Waals surface area contributed by atoms with Crippen LogP contribution in [0, 0.1) is 0 Å². The summed E-state index contributed by atoms with van der Waals surface area (Å²) in [6, 6.07) is 0. The van der Waals surface area contributed by atoms with E-state index in [1.165, 1.54) is 19.3 Å². The lowest BCUT2D eigenvalue weighted by Gasteiger charge is -2.00. The van der Waals surface area contributed by atoms with Gasteiger partial charge in [-0.15, -0.1) is 0 Å². The second-order valence-corrected chi connectivity index (χ2v) is 2.04. The van der Waals surface area contributed by atoms with E-state index in [0.29, 0.717) is 5.56 Å². The Morgan fingerprint density at radius 2 is 2.60 bits per heavy atom. The molecule has 1 atom stereocenters. The zero-order valence-corrected chi connectivity index (χ0v) is 5.53. The van der Waals surface area contributed by atoms with Crippen molar-refractivity contribution in [1.82, 2.24) is 10.2 Å². The molecule has 4 heteroatoms. The summed E-state index contributed by atoms with van der Waals surface area (Å²) in [6.07, 6.45) is 1.89. The van der Waals surface area contributed by atoms with Crippen molar-refractivity contribution < 1.29 is 9.90 Å². The molecule has 0 spiro atoms. The number of hydrogen-bond donors (Lipinski definition) is 2. The number of nitrogens with zero attached hydrogens (tertiary/aromatic N) is 1. The molecule has 1 aromatic rings. The van der Waals surface area contributed by atoms with Crippen LogP contribution in [0.15, 0.2) is 12.4 Å². The average Bonchev–Trinajstić information content (AvgIpc) is 2.36. The molecule has 0 saturated heterocycles. The third-order valence-corrected chi connectivity index (χ3v) is 1.22. The summed E-state index contributed by atoms with van der Waals surface area (Å²) in [5.74, 6) is -0.276. The third kappa shape index (κ3) is 1.22. The van der Waals surface area contributed by atoms with Gasteiger partial charge in [0.25, 0.3) is 0 Å². The van der Waals surface area contributed by atoms with Crippen molar-refractivity contribution in [3.63, 3.8) is 0 Å². The van der Waals surface area contributed by atoms with Crippen LogP contribution in [0.25, 0.3) is 0 Å². The molecule has 0 fully saturated rings. The van der Waals surface area contributed by atoms with Crippen LogP contribution in [0.2, 0.25) is 0 Å². The van der Waals surface area contributed by atoms with E-state index < -0.39 is 6.10 Å². The minimum atomic E-state index is -1.03. The minimum Gasteiger partial charge on any atom is -0.380 e. The van der Waals surface area contributed by atoms with Gasteiger partial charge in [0.2, 0.25) is 0 Å². The number of carbonyl (C=O) groups excluding carboxylic acids is 1. The molecule has 0 amide bonds. The number of ketones is 1. The molecule has 1 unspecified atom stereocenters. The fourth-order valence-electron chi connectivity index (χ4n) is 0.645. The molecule has 0 bridgehead atoms. The van der Waals surface area contributed by atoms with Gasteiger partial charge in [-0.3, -0.25) is 9.89 Å². The van der Waals surface area contributed by atoms with Crippen LogP contribution in [-0.4, -0.2) is 21.1 Å². The molecule has 0 aliphatic heterocycles. The number of rotatable bonds is 2. The van der Waals surface area contributed by atoms with Crippen molar-refractivity contribution in [3.8, 4) is 0 Å². The fraction of sp³-hybridized carbons (Fsp3) is 0.333. The molecule has 1 rings (SSSR count). The van der Waals surface area contributed by atoms with E-state index in [-0.39, 0.29) is 5.78 Å². The van der Waals surface area contributed by atoms with Crippen LogP contribution >= 0.6 is 0 Å². The lowest BCUT2D eigenvalue weighted by Crippen LogP contribution is -2.05. The Labute approximate surface area is 57.9 Å². The maximum atomic E-state index is 10.6. The maximum Gasteiger partial charge on any atom is 0.162 e. The number of aliphatic hydroxyl groups excluding tert-OH is 1. The summed E-state index contributed by atoms with van der Waals surface area (Å²) < 4.78 is 0. The molecular formula is C6H8N2O2. The Morgan fingerprint density at radius 3 is 3.00 bits per heavy atom. The van der Waals surface area contributed by atoms with Crippen molar-refractivity contribution >= 4 is 5.78 Å². The highest BCUT2D eigenvalue weighted by Gasteiger charge is 2.12. The number of H-pyrrole nitrogens is 1. The molecule has 0 radical (unpaired) electrons. The van der Waals surface area contributed by atoms with Gasteiger partial charge in [0.05, 0.1) is 6.20 Å². The van der Waals surface area contributed by atoms with Gasteiger partial charge in [-0.25, -0.2) is 0 Å². The van der Waals surface area contributed by atoms with E-state index in [1.807, 2.05) is 0 Å². The van der Waals surface area contributed by atoms with Crippen molar-refractivity contribution in [3.05, 3.63) is 18.0 Å². The second kappa shape index (κ2) is 2.62. The monoisotopic (exact) mass is 140 g/mol. The largest absolute Gasteiger partial charge is 0.380 e. The lowest BCUT2D eigenvalue weighted by atomic mass is 10.1. The third-order valence-electron chi connectivity index (χ3n) is 1.22. The number of hydrogen-bond acceptors (Lipinski definition) is 3. The van der Waals surface area contributed by atoms with E-state index in [1.54, 1.807) is 0 Å². The Morgan fingerprint density at radius 1 is 1.90 bits per heavy atom. The van der Waals surface area contributed by atoms with Crippen LogP contribution in [0.3, 0.4) is 0 Å². The van der Waals surface area contributed by atoms with Gasteiger partial charge in [0.1, 0.15) is 6.10 Å². The Bertz CT molecular complexity index is 218. The zero-order valence-electron chi connectivity index (χ0n) is 5.53. The highest BCUT2D eigenvalue weighted by Crippen LogP contribution is 2.09. The van der Waals surface area contributed by atoms with Crippen LogP contribution in [0.1, 0.15) is 18.6 Å². The highest BCUT2D eigenvalue weighted by molar-refractivity contribution is 5.81. The van der Waals surface area contributed by atoms with E-state index >= 15 is 0 Å². The zero-order chi connectivity index (χ0) is 7.56. The normalized spacial score (nSPS) is 13.0. The van der Waals surface area contributed by atoms with Crippen molar-refractivity contribution in [2.45, 2.75) is 13.0 Å². The lowest BCUT2D eigenvalue weighted by molar-refractivity contribution is -0.125. The number of nitrogens with one attached hydrogen (secondary N) is 1. The highest BCUT2D eigenvalue weighted by atomic mass is 16.3. The van der Waals surface area contributed by atoms with Crippen LogP contribution < -0.4 is 0 Å². The Kier molecular flexibility index (Phi) is 1.82. The molecule has 0 saturated carbocycles. The van der Waals surface area contributed by atoms with Crippen LogP contribution in [0.5, 0.6) is 0 Å². The predicted molar refractivity (Wildman–Crippen MR) is 34.2 cm³/mol. The second-order valence-electron chi connectivity index (χ2n) is 2.04. The van der Waals surface area contributed by atoms with Crippen molar-refractivity contribution in [2.75, 3.05) is 0 Å². The van der Waals surface area contributed by atoms with Gasteiger partial charge in [0, 0.05) is 11.8 Å². The quantitative estimate of drug-likeness (QED) is 0.609. The molecule has 0 aromatic carbocycles. The number of carbonyl (C=O) groups is 1. The topological polar surface area (TPSA) is 66.0 Å². The van der Waals surface area contributed by atoms with E-state index in [2.05, 4.69) is 10.2 Å². The summed E-state index contributed by atoms with van der Waals surface area (Å²) in [6.45, 7) is 1.33. The summed E-state index contributed by atoms with van der Waals surface area (Å²) in [4.78, 5) is 10.6. The summed E-state index contributed by atoms with van der Waals surface area (Å²) in [5.41, 5.74) is 0.507. The molecule has 0 aliphatic rings. The molecular weight excluding hydrogens is 132 g/mol. The van der Waals surface area contributed by atoms with Gasteiger partial charge in [-0.1, -0.05) is 0 Å². The molecule has 1 heterocycles. The first kappa shape index (κ1) is 6.95. The molecule has 1 aromatic heterocycles. The molecule has 4 nitrogen and oxygen atoms in total. The van der Waals surface area contributed by atoms with Gasteiger partial charge in [-0.2, -0.15) is 5.10 Å². The summed E-state index contributed by atoms with van der Waals surface area (Å²) in [7, 11) is 0. The minimum absolute atomic E-state index is 0.276. The summed E-state index contributed by atoms with van der Waals surface area (Å²) in [5, 5.41) is 15.2. The fourth-order valence-corrected chi connectivity index (χ4v) is 0.645. The Balaban J connectivity index is 2.77. The first-order valence-corrected chi connectivity index (χ1v) is 2.89. The number of aliphatic hydroxyl groups is 1. The maximum absolute atomic E-state index is 10.6. The van der Waals surface area contributed by atoms with E-state index in [9.17, 15) is 4.79 Å². The molecule has 10 heavy (non-hydrogen) atoms. The van der Waals surface area contributed by atoms with Crippen LogP contribution in [0.4, 0.5) is 0 Å². The van der Waals surface area contributed by atoms with E-state index in [0.717, 1.165) is 0 Å². The smallest absolute Gasteiger partial charge is 0.162 e. The number of aromatic amines is 1. The van der Waals surface area contributed by atoms with Crippen LogP contribution in [-0.2, 0) is 4.79 Å². The van der Waals surface area contributed by atoms with E-state index in [4.69, 9.17) is 5.11 Å². The molecule has 0 aliphatic carbocycles. The first-order chi connectivity index (χ1) is 4.72. The van der Waals surface area contributed by atoms with Gasteiger partial charge in [-0.05, 0) is 6.92 Å². The first-order valence-electron chi connectivity index (χ1n) is 2.89. The van der Waals surface area contributed by atoms with Gasteiger partial charge >= 0.3 is 0 Å². The van der Waals surface area contributed by atoms with Gasteiger partial charge < -0.3 is 5.11 Å². The number of Topliss-reactive ketones (excluding diaryl/α,β-unsaturated/α-hetero) is 1. The Hall–Kier alpha value is -1.16. The summed E-state index contributed by atoms with van der Waals surface area (Å²) >= 11 is 0. The van der Waals surface area contributed by atoms with Gasteiger partial charge in [0.15, 0.2) is 5.78 Å². The number of aromatic nitrogens is 2. The molecule has 54 valence electrons. The average molecular weight is 140 g/mol.